The normalized spacial score (nSPS) is 12.2. The zero-order chi connectivity index (χ0) is 17.3. The molecule has 1 atom stereocenters. The van der Waals surface area contributed by atoms with Crippen molar-refractivity contribution in [3.05, 3.63) is 79.9 Å². The Morgan fingerprint density at radius 3 is 2.00 bits per heavy atom. The van der Waals surface area contributed by atoms with Crippen molar-refractivity contribution in [2.75, 3.05) is 0 Å². The number of phenolic OH excluding ortho intramolecular Hbond substituents is 1. The van der Waals surface area contributed by atoms with Crippen molar-refractivity contribution < 1.29 is 15.0 Å². The summed E-state index contributed by atoms with van der Waals surface area (Å²) in [7, 11) is 0. The summed E-state index contributed by atoms with van der Waals surface area (Å²) in [5.74, 6) is -1.17. The van der Waals surface area contributed by atoms with E-state index in [-0.39, 0.29) is 28.3 Å². The van der Waals surface area contributed by atoms with Gasteiger partial charge >= 0.3 is 5.97 Å². The van der Waals surface area contributed by atoms with Gasteiger partial charge in [-0.05, 0) is 17.7 Å². The molecule has 0 saturated carbocycles. The van der Waals surface area contributed by atoms with Crippen LogP contribution in [0.2, 0.25) is 0 Å². The van der Waals surface area contributed by atoms with Gasteiger partial charge in [-0.2, -0.15) is 0 Å². The predicted octanol–water partition coefficient (Wildman–Crippen LogP) is 0.738. The maximum absolute atomic E-state index is 12.3. The van der Waals surface area contributed by atoms with Gasteiger partial charge in [-0.15, -0.1) is 0 Å². The van der Waals surface area contributed by atoms with E-state index in [0.717, 1.165) is 0 Å². The number of hydrogen-bond acceptors (Lipinski definition) is 5. The van der Waals surface area contributed by atoms with Gasteiger partial charge < -0.3 is 10.2 Å². The van der Waals surface area contributed by atoms with E-state index in [1.807, 2.05) is 0 Å². The van der Waals surface area contributed by atoms with Crippen LogP contribution in [0.25, 0.3) is 10.8 Å². The van der Waals surface area contributed by atoms with Gasteiger partial charge in [0.05, 0.1) is 0 Å². The minimum Gasteiger partial charge on any atom is -0.508 e. The van der Waals surface area contributed by atoms with Crippen LogP contribution in [0.4, 0.5) is 0 Å². The Hall–Kier alpha value is -3.28. The van der Waals surface area contributed by atoms with Crippen molar-refractivity contribution in [2.24, 2.45) is 4.99 Å². The van der Waals surface area contributed by atoms with Gasteiger partial charge in [0, 0.05) is 17.2 Å². The van der Waals surface area contributed by atoms with E-state index in [9.17, 15) is 24.6 Å². The zero-order valence-corrected chi connectivity index (χ0v) is 12.5. The Balaban J connectivity index is 2.09. The third-order valence-corrected chi connectivity index (χ3v) is 3.78. The van der Waals surface area contributed by atoms with Crippen molar-refractivity contribution in [1.82, 2.24) is 0 Å². The molecule has 0 spiro atoms. The zero-order valence-electron chi connectivity index (χ0n) is 12.5. The Morgan fingerprint density at radius 1 is 0.958 bits per heavy atom. The molecule has 2 N–H and O–H groups in total. The predicted molar refractivity (Wildman–Crippen MR) is 87.7 cm³/mol. The molecular formula is C18H13NO5. The van der Waals surface area contributed by atoms with E-state index in [0.29, 0.717) is 5.56 Å². The Bertz CT molecular complexity index is 1010. The highest BCUT2D eigenvalue weighted by molar-refractivity contribution is 5.83. The molecule has 3 aromatic rings. The van der Waals surface area contributed by atoms with Crippen LogP contribution in [0.5, 0.6) is 5.75 Å². The molecule has 0 amide bonds. The van der Waals surface area contributed by atoms with Gasteiger partial charge in [0.15, 0.2) is 11.4 Å². The van der Waals surface area contributed by atoms with Gasteiger partial charge in [0.25, 0.3) is 0 Å². The van der Waals surface area contributed by atoms with Gasteiger partial charge in [-0.25, -0.2) is 4.79 Å². The highest BCUT2D eigenvalue weighted by atomic mass is 16.4. The second-order valence-corrected chi connectivity index (χ2v) is 5.41. The number of carboxylic acid groups (broad SMARTS) is 1. The van der Waals surface area contributed by atoms with Crippen LogP contribution < -0.4 is 16.2 Å². The first-order chi connectivity index (χ1) is 11.5. The van der Waals surface area contributed by atoms with Crippen LogP contribution >= 0.6 is 0 Å². The van der Waals surface area contributed by atoms with Gasteiger partial charge in [0.1, 0.15) is 5.75 Å². The fraction of sp³-hybridized carbons (Fsp3) is 0.111. The first-order valence-corrected chi connectivity index (χ1v) is 7.24. The fourth-order valence-corrected chi connectivity index (χ4v) is 2.55. The first kappa shape index (κ1) is 15.6. The molecule has 3 rings (SSSR count). The van der Waals surface area contributed by atoms with E-state index in [2.05, 4.69) is 4.99 Å². The molecule has 6 heteroatoms. The van der Waals surface area contributed by atoms with Crippen LogP contribution in [0.3, 0.4) is 0 Å². The number of hydrogen-bond donors (Lipinski definition) is 2. The molecule has 0 radical (unpaired) electrons. The topological polar surface area (TPSA) is 104 Å². The molecule has 0 fully saturated rings. The summed E-state index contributed by atoms with van der Waals surface area (Å²) < 4.78 is 0. The average Bonchev–Trinajstić information content (AvgIpc) is 2.81. The molecule has 0 heterocycles. The summed E-state index contributed by atoms with van der Waals surface area (Å²) in [5.41, 5.74) is -0.472. The second kappa shape index (κ2) is 6.08. The summed E-state index contributed by atoms with van der Waals surface area (Å²) in [6.45, 7) is 0. The van der Waals surface area contributed by atoms with Crippen LogP contribution in [-0.2, 0) is 11.2 Å². The maximum atomic E-state index is 12.3. The molecule has 0 bridgehead atoms. The van der Waals surface area contributed by atoms with E-state index in [4.69, 9.17) is 0 Å². The van der Waals surface area contributed by atoms with Crippen molar-refractivity contribution in [1.29, 1.82) is 0 Å². The molecule has 120 valence electrons. The monoisotopic (exact) mass is 323 g/mol. The molecule has 0 aliphatic rings. The molecule has 0 aliphatic carbocycles. The van der Waals surface area contributed by atoms with Gasteiger partial charge in [0.2, 0.25) is 10.9 Å². The van der Waals surface area contributed by atoms with E-state index < -0.39 is 22.9 Å². The quantitative estimate of drug-likeness (QED) is 0.737. The Kier molecular flexibility index (Phi) is 3.95. The molecule has 0 aliphatic heterocycles. The maximum Gasteiger partial charge on any atom is 0.328 e. The summed E-state index contributed by atoms with van der Waals surface area (Å²) >= 11 is 0. The summed E-state index contributed by atoms with van der Waals surface area (Å²) in [4.78, 5) is 40.0. The van der Waals surface area contributed by atoms with Crippen molar-refractivity contribution in [3.8, 4) is 5.75 Å². The second-order valence-electron chi connectivity index (χ2n) is 5.41. The average molecular weight is 323 g/mol. The molecule has 3 aromatic carbocycles. The standard InChI is InChI=1S/C18H13NO5/c20-11-7-5-10(6-8-11)9-14(18(23)24)19-15-16(21)12-3-1-2-4-13(12)17(15)22/h1-8,14,20H,9H2,(H,23,24). The number of nitrogens with zero attached hydrogens (tertiary/aromatic N) is 1. The lowest BCUT2D eigenvalue weighted by Crippen LogP contribution is -2.36. The third kappa shape index (κ3) is 2.81. The Labute approximate surface area is 135 Å². The van der Waals surface area contributed by atoms with Crippen LogP contribution in [0.15, 0.2) is 63.1 Å². The smallest absolute Gasteiger partial charge is 0.328 e. The van der Waals surface area contributed by atoms with E-state index in [1.54, 1.807) is 24.3 Å². The summed E-state index contributed by atoms with van der Waals surface area (Å²) in [5, 5.41) is 18.8. The number of fused-ring (bicyclic) bond motifs is 1. The lowest BCUT2D eigenvalue weighted by molar-refractivity contribution is -0.138. The number of carbonyl (C=O) groups is 1. The molecule has 24 heavy (non-hydrogen) atoms. The van der Waals surface area contributed by atoms with Crippen LogP contribution in [0, 0.1) is 0 Å². The highest BCUT2D eigenvalue weighted by Crippen LogP contribution is 2.12. The summed E-state index contributed by atoms with van der Waals surface area (Å²) in [6.07, 6.45) is 0.00994. The number of benzene rings is 2. The lowest BCUT2D eigenvalue weighted by atomic mass is 10.1. The number of phenols is 1. The van der Waals surface area contributed by atoms with Crippen LogP contribution in [-0.4, -0.2) is 22.2 Å². The number of carboxylic acids is 1. The fourth-order valence-electron chi connectivity index (χ4n) is 2.55. The largest absolute Gasteiger partial charge is 0.508 e. The van der Waals surface area contributed by atoms with E-state index >= 15 is 0 Å². The van der Waals surface area contributed by atoms with Gasteiger partial charge in [-0.3, -0.25) is 14.6 Å². The number of rotatable bonds is 4. The molecule has 6 nitrogen and oxygen atoms in total. The van der Waals surface area contributed by atoms with Crippen molar-refractivity contribution in [2.45, 2.75) is 12.5 Å². The first-order valence-electron chi connectivity index (χ1n) is 7.24. The van der Waals surface area contributed by atoms with Gasteiger partial charge in [-0.1, -0.05) is 36.4 Å². The highest BCUT2D eigenvalue weighted by Gasteiger charge is 2.19. The molecular weight excluding hydrogens is 310 g/mol. The lowest BCUT2D eigenvalue weighted by Gasteiger charge is -2.06. The summed E-state index contributed by atoms with van der Waals surface area (Å²) in [6, 6.07) is 11.1. The minimum atomic E-state index is -1.26. The van der Waals surface area contributed by atoms with Crippen molar-refractivity contribution >= 4 is 16.7 Å². The van der Waals surface area contributed by atoms with Crippen LogP contribution in [0.1, 0.15) is 5.56 Å². The number of aliphatic carboxylic acids is 1. The van der Waals surface area contributed by atoms with E-state index in [1.165, 1.54) is 24.3 Å². The SMILES string of the molecule is O=C(O)C(Cc1ccc(O)cc1)N=c1c(=O)c2ccccc2c1=O. The Morgan fingerprint density at radius 2 is 1.50 bits per heavy atom. The molecule has 0 saturated heterocycles. The minimum absolute atomic E-state index is 0.00994. The third-order valence-electron chi connectivity index (χ3n) is 3.78. The molecule has 1 unspecified atom stereocenters. The molecule has 0 aromatic heterocycles. The number of aromatic hydroxyl groups is 1. The van der Waals surface area contributed by atoms with Crippen molar-refractivity contribution in [3.63, 3.8) is 0 Å².